The third-order valence-corrected chi connectivity index (χ3v) is 3.66. The summed E-state index contributed by atoms with van der Waals surface area (Å²) in [5, 5.41) is 0.749. The second kappa shape index (κ2) is 8.46. The molecule has 0 saturated carbocycles. The molecule has 3 nitrogen and oxygen atoms in total. The molecule has 1 rings (SSSR count). The maximum Gasteiger partial charge on any atom is 0.102 e. The molecule has 5 heteroatoms. The van der Waals surface area contributed by atoms with Crippen LogP contribution in [0, 0.1) is 6.92 Å². The lowest BCUT2D eigenvalue weighted by atomic mass is 10.2. The van der Waals surface area contributed by atoms with E-state index in [-0.39, 0.29) is 0 Å². The number of hydrogen-bond acceptors (Lipinski definition) is 3. The van der Waals surface area contributed by atoms with Crippen LogP contribution in [-0.4, -0.2) is 35.6 Å². The van der Waals surface area contributed by atoms with Gasteiger partial charge in [-0.2, -0.15) is 0 Å². The lowest BCUT2D eigenvalue weighted by Crippen LogP contribution is -2.19. The standard InChI is InChI=1S/C14H22ClN3S/c1-5-6-9-17(3)19-18(4)11-16-14-8-7-13(15)10-12(14)2/h7-8,10-11H,5-6,9H2,1-4H3/b16-11+. The van der Waals surface area contributed by atoms with Crippen LogP contribution in [-0.2, 0) is 0 Å². The summed E-state index contributed by atoms with van der Waals surface area (Å²) in [6, 6.07) is 5.73. The van der Waals surface area contributed by atoms with Crippen molar-refractivity contribution >= 4 is 35.8 Å². The smallest absolute Gasteiger partial charge is 0.102 e. The van der Waals surface area contributed by atoms with E-state index in [0.717, 1.165) is 22.8 Å². The molecule has 0 spiro atoms. The van der Waals surface area contributed by atoms with Gasteiger partial charge >= 0.3 is 0 Å². The molecule has 0 bridgehead atoms. The highest BCUT2D eigenvalue weighted by atomic mass is 35.5. The van der Waals surface area contributed by atoms with E-state index in [1.165, 1.54) is 12.8 Å². The monoisotopic (exact) mass is 299 g/mol. The van der Waals surface area contributed by atoms with E-state index in [2.05, 4.69) is 23.3 Å². The Morgan fingerprint density at radius 1 is 1.37 bits per heavy atom. The second-order valence-electron chi connectivity index (χ2n) is 4.51. The number of rotatable bonds is 7. The molecular formula is C14H22ClN3S. The van der Waals surface area contributed by atoms with E-state index < -0.39 is 0 Å². The van der Waals surface area contributed by atoms with Gasteiger partial charge in [0.2, 0.25) is 0 Å². The first kappa shape index (κ1) is 16.3. The highest BCUT2D eigenvalue weighted by Crippen LogP contribution is 2.22. The Morgan fingerprint density at radius 3 is 2.74 bits per heavy atom. The van der Waals surface area contributed by atoms with Gasteiger partial charge in [-0.1, -0.05) is 24.9 Å². The van der Waals surface area contributed by atoms with Crippen LogP contribution in [0.25, 0.3) is 0 Å². The fourth-order valence-corrected chi connectivity index (χ4v) is 2.54. The molecule has 0 fully saturated rings. The van der Waals surface area contributed by atoms with Crippen molar-refractivity contribution in [2.24, 2.45) is 4.99 Å². The fraction of sp³-hybridized carbons (Fsp3) is 0.500. The van der Waals surface area contributed by atoms with Crippen LogP contribution < -0.4 is 0 Å². The number of unbranched alkanes of at least 4 members (excludes halogenated alkanes) is 1. The summed E-state index contributed by atoms with van der Waals surface area (Å²) in [5.74, 6) is 0. The minimum Gasteiger partial charge on any atom is -0.297 e. The first-order valence-corrected chi connectivity index (χ1v) is 7.56. The van der Waals surface area contributed by atoms with Crippen LogP contribution in [0.5, 0.6) is 0 Å². The number of aliphatic imine (C=N–C) groups is 1. The highest BCUT2D eigenvalue weighted by Gasteiger charge is 2.02. The molecule has 0 radical (unpaired) electrons. The van der Waals surface area contributed by atoms with E-state index in [9.17, 15) is 0 Å². The summed E-state index contributed by atoms with van der Waals surface area (Å²) in [4.78, 5) is 4.47. The molecule has 0 aromatic heterocycles. The Labute approximate surface area is 125 Å². The molecule has 0 aliphatic carbocycles. The normalized spacial score (nSPS) is 11.5. The molecule has 1 aromatic rings. The van der Waals surface area contributed by atoms with Gasteiger partial charge in [0, 0.05) is 30.7 Å². The first-order chi connectivity index (χ1) is 9.02. The molecule has 1 aromatic carbocycles. The number of hydrogen-bond donors (Lipinski definition) is 0. The minimum absolute atomic E-state index is 0.749. The third kappa shape index (κ3) is 6.32. The van der Waals surface area contributed by atoms with Crippen LogP contribution in [0.3, 0.4) is 0 Å². The van der Waals surface area contributed by atoms with Crippen LogP contribution in [0.1, 0.15) is 25.3 Å². The average molecular weight is 300 g/mol. The van der Waals surface area contributed by atoms with Gasteiger partial charge in [-0.05, 0) is 44.2 Å². The zero-order valence-electron chi connectivity index (χ0n) is 12.1. The number of benzene rings is 1. The van der Waals surface area contributed by atoms with Gasteiger partial charge in [0.25, 0.3) is 0 Å². The Hall–Kier alpha value is -0.710. The zero-order valence-corrected chi connectivity index (χ0v) is 13.6. The SMILES string of the molecule is CCCCN(C)SN(C)/C=N/c1ccc(Cl)cc1C. The summed E-state index contributed by atoms with van der Waals surface area (Å²) >= 11 is 7.58. The van der Waals surface area contributed by atoms with Crippen molar-refractivity contribution < 1.29 is 0 Å². The largest absolute Gasteiger partial charge is 0.297 e. The van der Waals surface area contributed by atoms with Crippen molar-refractivity contribution in [1.29, 1.82) is 0 Å². The average Bonchev–Trinajstić information content (AvgIpc) is 2.35. The van der Waals surface area contributed by atoms with Crippen molar-refractivity contribution in [3.63, 3.8) is 0 Å². The maximum atomic E-state index is 5.92. The Morgan fingerprint density at radius 2 is 2.11 bits per heavy atom. The summed E-state index contributed by atoms with van der Waals surface area (Å²) in [6.45, 7) is 5.30. The van der Waals surface area contributed by atoms with Crippen molar-refractivity contribution in [1.82, 2.24) is 8.61 Å². The van der Waals surface area contributed by atoms with E-state index in [0.29, 0.717) is 0 Å². The fourth-order valence-electron chi connectivity index (χ4n) is 1.57. The molecule has 0 aliphatic heterocycles. The predicted molar refractivity (Wildman–Crippen MR) is 87.2 cm³/mol. The highest BCUT2D eigenvalue weighted by molar-refractivity contribution is 7.95. The molecule has 0 N–H and O–H groups in total. The van der Waals surface area contributed by atoms with E-state index in [1.807, 2.05) is 42.8 Å². The molecule has 0 aliphatic rings. The summed E-state index contributed by atoms with van der Waals surface area (Å²) < 4.78 is 4.22. The summed E-state index contributed by atoms with van der Waals surface area (Å²) in [7, 11) is 4.10. The van der Waals surface area contributed by atoms with Gasteiger partial charge in [0.1, 0.15) is 6.34 Å². The van der Waals surface area contributed by atoms with Crippen LogP contribution in [0.4, 0.5) is 5.69 Å². The van der Waals surface area contributed by atoms with Crippen LogP contribution in [0.2, 0.25) is 5.02 Å². The van der Waals surface area contributed by atoms with Crippen molar-refractivity contribution in [3.05, 3.63) is 28.8 Å². The van der Waals surface area contributed by atoms with Gasteiger partial charge in [0.15, 0.2) is 0 Å². The van der Waals surface area contributed by atoms with Gasteiger partial charge < -0.3 is 0 Å². The molecule has 0 atom stereocenters. The van der Waals surface area contributed by atoms with E-state index >= 15 is 0 Å². The van der Waals surface area contributed by atoms with Crippen molar-refractivity contribution in [3.8, 4) is 0 Å². The molecule has 19 heavy (non-hydrogen) atoms. The minimum atomic E-state index is 0.749. The predicted octanol–water partition coefficient (Wildman–Crippen LogP) is 4.54. The Balaban J connectivity index is 2.51. The Kier molecular flexibility index (Phi) is 7.28. The van der Waals surface area contributed by atoms with Crippen molar-refractivity contribution in [2.45, 2.75) is 26.7 Å². The van der Waals surface area contributed by atoms with Gasteiger partial charge in [-0.25, -0.2) is 9.30 Å². The third-order valence-electron chi connectivity index (χ3n) is 2.61. The second-order valence-corrected chi connectivity index (χ2v) is 6.31. The molecule has 0 amide bonds. The van der Waals surface area contributed by atoms with Gasteiger partial charge in [-0.3, -0.25) is 4.31 Å². The molecule has 0 unspecified atom stereocenters. The summed E-state index contributed by atoms with van der Waals surface area (Å²) in [5.41, 5.74) is 2.04. The van der Waals surface area contributed by atoms with Crippen LogP contribution >= 0.6 is 23.7 Å². The molecular weight excluding hydrogens is 278 g/mol. The van der Waals surface area contributed by atoms with Crippen molar-refractivity contribution in [2.75, 3.05) is 20.6 Å². The topological polar surface area (TPSA) is 18.8 Å². The lowest BCUT2D eigenvalue weighted by Gasteiger charge is -2.20. The number of aryl methyl sites for hydroxylation is 1. The first-order valence-electron chi connectivity index (χ1n) is 6.45. The number of halogens is 1. The summed E-state index contributed by atoms with van der Waals surface area (Å²) in [6.07, 6.45) is 4.26. The molecule has 0 saturated heterocycles. The number of nitrogens with zero attached hydrogens (tertiary/aromatic N) is 3. The maximum absolute atomic E-state index is 5.92. The van der Waals surface area contributed by atoms with E-state index in [1.54, 1.807) is 12.1 Å². The Bertz CT molecular complexity index is 423. The van der Waals surface area contributed by atoms with Gasteiger partial charge in [-0.15, -0.1) is 0 Å². The zero-order chi connectivity index (χ0) is 14.3. The lowest BCUT2D eigenvalue weighted by molar-refractivity contribution is 0.524. The molecule has 106 valence electrons. The van der Waals surface area contributed by atoms with Crippen LogP contribution in [0.15, 0.2) is 23.2 Å². The molecule has 0 heterocycles. The van der Waals surface area contributed by atoms with Gasteiger partial charge in [0.05, 0.1) is 5.69 Å². The quantitative estimate of drug-likeness (QED) is 0.418. The van der Waals surface area contributed by atoms with E-state index in [4.69, 9.17) is 11.6 Å².